The van der Waals surface area contributed by atoms with Gasteiger partial charge in [0.25, 0.3) is 0 Å². The fourth-order valence-electron chi connectivity index (χ4n) is 2.65. The molecular formula is C17H25FN4O3S. The van der Waals surface area contributed by atoms with Crippen LogP contribution in [0.15, 0.2) is 29.3 Å². The van der Waals surface area contributed by atoms with E-state index in [1.54, 1.807) is 12.1 Å². The van der Waals surface area contributed by atoms with E-state index < -0.39 is 9.84 Å². The minimum atomic E-state index is -3.01. The van der Waals surface area contributed by atoms with E-state index in [4.69, 9.17) is 0 Å². The van der Waals surface area contributed by atoms with E-state index in [9.17, 15) is 17.6 Å². The number of hydrogen-bond acceptors (Lipinski definition) is 4. The van der Waals surface area contributed by atoms with Gasteiger partial charge in [0.05, 0.1) is 18.1 Å². The van der Waals surface area contributed by atoms with E-state index in [-0.39, 0.29) is 35.7 Å². The molecule has 1 amide bonds. The molecule has 1 saturated heterocycles. The molecule has 1 aromatic rings. The minimum Gasteiger partial charge on any atom is -0.357 e. The smallest absolute Gasteiger partial charge is 0.222 e. The van der Waals surface area contributed by atoms with E-state index >= 15 is 0 Å². The zero-order valence-corrected chi connectivity index (χ0v) is 15.6. The number of nitrogens with one attached hydrogen (secondary N) is 3. The summed E-state index contributed by atoms with van der Waals surface area (Å²) in [5, 5.41) is 8.85. The van der Waals surface area contributed by atoms with Gasteiger partial charge < -0.3 is 16.0 Å². The topological polar surface area (TPSA) is 99.7 Å². The van der Waals surface area contributed by atoms with Crippen LogP contribution in [0.25, 0.3) is 0 Å². The van der Waals surface area contributed by atoms with Crippen molar-refractivity contribution < 1.29 is 17.6 Å². The van der Waals surface area contributed by atoms with Crippen LogP contribution < -0.4 is 16.0 Å². The number of carbonyl (C=O) groups is 1. The summed E-state index contributed by atoms with van der Waals surface area (Å²) in [4.78, 5) is 16.3. The van der Waals surface area contributed by atoms with Crippen molar-refractivity contribution >= 4 is 21.7 Å². The molecule has 0 bridgehead atoms. The van der Waals surface area contributed by atoms with Crippen molar-refractivity contribution in [2.45, 2.75) is 32.4 Å². The second-order valence-electron chi connectivity index (χ2n) is 6.17. The Balaban J connectivity index is 1.77. The van der Waals surface area contributed by atoms with Gasteiger partial charge in [-0.2, -0.15) is 0 Å². The molecule has 1 aliphatic heterocycles. The maximum atomic E-state index is 13.2. The average molecular weight is 384 g/mol. The molecule has 0 radical (unpaired) electrons. The van der Waals surface area contributed by atoms with Crippen molar-refractivity contribution in [2.75, 3.05) is 24.6 Å². The van der Waals surface area contributed by atoms with E-state index in [1.807, 2.05) is 6.92 Å². The first-order chi connectivity index (χ1) is 12.4. The van der Waals surface area contributed by atoms with Gasteiger partial charge in [-0.15, -0.1) is 0 Å². The number of hydrogen-bond donors (Lipinski definition) is 3. The SMILES string of the molecule is CCNC(=NCc1cccc(F)c1)NCCC(=O)NC1CCS(=O)(=O)C1. The predicted molar refractivity (Wildman–Crippen MR) is 99.0 cm³/mol. The van der Waals surface area contributed by atoms with Gasteiger partial charge in [0.1, 0.15) is 5.82 Å². The number of rotatable bonds is 7. The molecule has 1 fully saturated rings. The fourth-order valence-corrected chi connectivity index (χ4v) is 4.32. The number of nitrogens with zero attached hydrogens (tertiary/aromatic N) is 1. The molecule has 3 N–H and O–H groups in total. The first-order valence-electron chi connectivity index (χ1n) is 8.64. The van der Waals surface area contributed by atoms with Crippen molar-refractivity contribution in [2.24, 2.45) is 4.99 Å². The van der Waals surface area contributed by atoms with Crippen molar-refractivity contribution in [3.63, 3.8) is 0 Å². The maximum Gasteiger partial charge on any atom is 0.222 e. The first-order valence-corrected chi connectivity index (χ1v) is 10.5. The standard InChI is InChI=1S/C17H25FN4O3S/c1-2-19-17(21-11-13-4-3-5-14(18)10-13)20-8-6-16(23)22-15-7-9-26(24,25)12-15/h3-5,10,15H,2,6-9,11-12H2,1H3,(H,22,23)(H2,19,20,21). The Bertz CT molecular complexity index is 752. The molecule has 0 spiro atoms. The van der Waals surface area contributed by atoms with Crippen LogP contribution in [0, 0.1) is 5.82 Å². The van der Waals surface area contributed by atoms with Gasteiger partial charge in [-0.1, -0.05) is 12.1 Å². The molecule has 1 heterocycles. The maximum absolute atomic E-state index is 13.2. The summed E-state index contributed by atoms with van der Waals surface area (Å²) in [7, 11) is -3.01. The highest BCUT2D eigenvalue weighted by atomic mass is 32.2. The molecular weight excluding hydrogens is 359 g/mol. The van der Waals surface area contributed by atoms with Crippen LogP contribution in [0.5, 0.6) is 0 Å². The van der Waals surface area contributed by atoms with Gasteiger partial charge in [-0.25, -0.2) is 17.8 Å². The molecule has 144 valence electrons. The summed E-state index contributed by atoms with van der Waals surface area (Å²) in [6.07, 6.45) is 0.681. The molecule has 9 heteroatoms. The minimum absolute atomic E-state index is 0.0178. The summed E-state index contributed by atoms with van der Waals surface area (Å²) in [6.45, 7) is 3.26. The second kappa shape index (κ2) is 9.51. The highest BCUT2D eigenvalue weighted by Crippen LogP contribution is 2.11. The van der Waals surface area contributed by atoms with Crippen molar-refractivity contribution in [3.8, 4) is 0 Å². The quantitative estimate of drug-likeness (QED) is 0.472. The van der Waals surface area contributed by atoms with E-state index in [1.165, 1.54) is 12.1 Å². The largest absolute Gasteiger partial charge is 0.357 e. The number of sulfone groups is 1. The molecule has 1 aromatic carbocycles. The third-order valence-corrected chi connectivity index (χ3v) is 5.66. The average Bonchev–Trinajstić information content (AvgIpc) is 2.91. The lowest BCUT2D eigenvalue weighted by atomic mass is 10.2. The van der Waals surface area contributed by atoms with Gasteiger partial charge in [-0.05, 0) is 31.0 Å². The van der Waals surface area contributed by atoms with E-state index in [0.29, 0.717) is 32.0 Å². The molecule has 1 unspecified atom stereocenters. The van der Waals surface area contributed by atoms with Crippen LogP contribution in [0.2, 0.25) is 0 Å². The van der Waals surface area contributed by atoms with Gasteiger partial charge in [0, 0.05) is 25.6 Å². The summed E-state index contributed by atoms with van der Waals surface area (Å²) >= 11 is 0. The van der Waals surface area contributed by atoms with Gasteiger partial charge in [-0.3, -0.25) is 4.79 Å². The Labute approximate surface area is 153 Å². The summed E-state index contributed by atoms with van der Waals surface area (Å²) in [5.41, 5.74) is 0.752. The van der Waals surface area contributed by atoms with Crippen LogP contribution in [-0.4, -0.2) is 50.9 Å². The molecule has 1 aliphatic rings. The normalized spacial score (nSPS) is 19.2. The lowest BCUT2D eigenvalue weighted by Crippen LogP contribution is -2.41. The number of guanidine groups is 1. The number of aliphatic imine (C=N–C) groups is 1. The Morgan fingerprint density at radius 1 is 1.35 bits per heavy atom. The van der Waals surface area contributed by atoms with Crippen LogP contribution in [-0.2, 0) is 21.2 Å². The molecule has 26 heavy (non-hydrogen) atoms. The molecule has 7 nitrogen and oxygen atoms in total. The molecule has 1 atom stereocenters. The highest BCUT2D eigenvalue weighted by molar-refractivity contribution is 7.91. The van der Waals surface area contributed by atoms with Gasteiger partial charge in [0.15, 0.2) is 15.8 Å². The summed E-state index contributed by atoms with van der Waals surface area (Å²) in [6, 6.07) is 5.94. The van der Waals surface area contributed by atoms with Crippen molar-refractivity contribution in [1.29, 1.82) is 0 Å². The number of benzene rings is 1. The Morgan fingerprint density at radius 2 is 2.15 bits per heavy atom. The Hall–Kier alpha value is -2.16. The van der Waals surface area contributed by atoms with Crippen LogP contribution in [0.1, 0.15) is 25.3 Å². The Morgan fingerprint density at radius 3 is 2.81 bits per heavy atom. The van der Waals surface area contributed by atoms with Crippen LogP contribution >= 0.6 is 0 Å². The molecule has 0 aliphatic carbocycles. The van der Waals surface area contributed by atoms with Crippen molar-refractivity contribution in [3.05, 3.63) is 35.6 Å². The third kappa shape index (κ3) is 6.99. The summed E-state index contributed by atoms with van der Waals surface area (Å²) < 4.78 is 36.0. The van der Waals surface area contributed by atoms with E-state index in [2.05, 4.69) is 20.9 Å². The molecule has 2 rings (SSSR count). The second-order valence-corrected chi connectivity index (χ2v) is 8.40. The van der Waals surface area contributed by atoms with Crippen LogP contribution in [0.4, 0.5) is 4.39 Å². The highest BCUT2D eigenvalue weighted by Gasteiger charge is 2.28. The lowest BCUT2D eigenvalue weighted by molar-refractivity contribution is -0.121. The number of carbonyl (C=O) groups excluding carboxylic acids is 1. The van der Waals surface area contributed by atoms with Crippen molar-refractivity contribution in [1.82, 2.24) is 16.0 Å². The number of halogens is 1. The fraction of sp³-hybridized carbons (Fsp3) is 0.529. The first kappa shape index (κ1) is 20.2. The zero-order valence-electron chi connectivity index (χ0n) is 14.8. The number of amides is 1. The Kier molecular flexibility index (Phi) is 7.38. The van der Waals surface area contributed by atoms with Crippen LogP contribution in [0.3, 0.4) is 0 Å². The summed E-state index contributed by atoms with van der Waals surface area (Å²) in [5.74, 6) is 0.187. The predicted octanol–water partition coefficient (Wildman–Crippen LogP) is 0.574. The van der Waals surface area contributed by atoms with Gasteiger partial charge >= 0.3 is 0 Å². The monoisotopic (exact) mass is 384 g/mol. The zero-order chi connectivity index (χ0) is 19.0. The van der Waals surface area contributed by atoms with Gasteiger partial charge in [0.2, 0.25) is 5.91 Å². The molecule has 0 saturated carbocycles. The lowest BCUT2D eigenvalue weighted by Gasteiger charge is -2.13. The third-order valence-electron chi connectivity index (χ3n) is 3.90. The molecule has 0 aromatic heterocycles. The van der Waals surface area contributed by atoms with E-state index in [0.717, 1.165) is 5.56 Å².